The van der Waals surface area contributed by atoms with Gasteiger partial charge in [0.25, 0.3) is 0 Å². The first-order chi connectivity index (χ1) is 16.8. The minimum Gasteiger partial charge on any atom is -0.497 e. The van der Waals surface area contributed by atoms with E-state index in [4.69, 9.17) is 18.9 Å². The number of benzene rings is 3. The summed E-state index contributed by atoms with van der Waals surface area (Å²) < 4.78 is 36.7. The molecule has 4 rings (SSSR count). The van der Waals surface area contributed by atoms with Crippen LogP contribution in [0.3, 0.4) is 0 Å². The molecule has 0 spiro atoms. The predicted octanol–water partition coefficient (Wildman–Crippen LogP) is 5.92. The molecule has 1 N–H and O–H groups in total. The molecule has 1 aliphatic rings. The van der Waals surface area contributed by atoms with Gasteiger partial charge in [0.15, 0.2) is 6.10 Å². The zero-order valence-corrected chi connectivity index (χ0v) is 20.3. The van der Waals surface area contributed by atoms with Gasteiger partial charge in [0.2, 0.25) is 0 Å². The molecule has 0 saturated heterocycles. The van der Waals surface area contributed by atoms with Gasteiger partial charge in [-0.1, -0.05) is 12.1 Å². The quantitative estimate of drug-likeness (QED) is 0.405. The third-order valence-electron chi connectivity index (χ3n) is 5.97. The van der Waals surface area contributed by atoms with Gasteiger partial charge in [0.1, 0.15) is 29.0 Å². The Hall–Kier alpha value is -3.58. The van der Waals surface area contributed by atoms with Gasteiger partial charge in [-0.25, -0.2) is 9.18 Å². The van der Waals surface area contributed by atoms with Gasteiger partial charge in [-0.15, -0.1) is 0 Å². The van der Waals surface area contributed by atoms with E-state index in [0.29, 0.717) is 30.2 Å². The Morgan fingerprint density at radius 2 is 1.77 bits per heavy atom. The van der Waals surface area contributed by atoms with Gasteiger partial charge in [-0.2, -0.15) is 0 Å². The topological polar surface area (TPSA) is 66.0 Å². The zero-order chi connectivity index (χ0) is 25.0. The predicted molar refractivity (Wildman–Crippen MR) is 131 cm³/mol. The molecule has 1 heterocycles. The molecule has 0 saturated carbocycles. The minimum atomic E-state index is -0.821. The van der Waals surface area contributed by atoms with Crippen LogP contribution in [-0.4, -0.2) is 31.4 Å². The van der Waals surface area contributed by atoms with Gasteiger partial charge >= 0.3 is 5.97 Å². The number of hydrogen-bond acceptors (Lipinski definition) is 6. The Bertz CT molecular complexity index is 1160. The third-order valence-corrected chi connectivity index (χ3v) is 5.97. The lowest BCUT2D eigenvalue weighted by Gasteiger charge is -2.43. The van der Waals surface area contributed by atoms with Crippen molar-refractivity contribution in [3.8, 4) is 11.5 Å². The smallest absolute Gasteiger partial charge is 0.338 e. The molecule has 0 aliphatic carbocycles. The number of fused-ring (bicyclic) bond motifs is 1. The first-order valence-corrected chi connectivity index (χ1v) is 11.6. The Kier molecular flexibility index (Phi) is 7.26. The van der Waals surface area contributed by atoms with Crippen molar-refractivity contribution in [2.75, 3.05) is 19.0 Å². The van der Waals surface area contributed by atoms with E-state index in [2.05, 4.69) is 5.32 Å². The molecule has 7 heteroatoms. The normalized spacial score (nSPS) is 18.2. The fraction of sp³-hybridized carbons (Fsp3) is 0.321. The molecule has 2 unspecified atom stereocenters. The lowest BCUT2D eigenvalue weighted by atomic mass is 9.87. The number of halogens is 1. The first kappa shape index (κ1) is 24.5. The number of esters is 1. The Morgan fingerprint density at radius 1 is 1.06 bits per heavy atom. The summed E-state index contributed by atoms with van der Waals surface area (Å²) in [6.07, 6.45) is -1.20. The Morgan fingerprint density at radius 3 is 2.43 bits per heavy atom. The van der Waals surface area contributed by atoms with E-state index in [9.17, 15) is 9.18 Å². The van der Waals surface area contributed by atoms with Crippen molar-refractivity contribution in [1.82, 2.24) is 0 Å². The minimum absolute atomic E-state index is 0.267. The number of nitrogens with one attached hydrogen (secondary N) is 1. The number of rotatable bonds is 8. The molecule has 0 fully saturated rings. The maximum absolute atomic E-state index is 13.2. The van der Waals surface area contributed by atoms with Crippen molar-refractivity contribution in [1.29, 1.82) is 0 Å². The number of carbonyl (C=O) groups is 1. The van der Waals surface area contributed by atoms with Crippen molar-refractivity contribution in [3.63, 3.8) is 0 Å². The summed E-state index contributed by atoms with van der Waals surface area (Å²) in [6.45, 7) is 6.63. The van der Waals surface area contributed by atoms with E-state index in [-0.39, 0.29) is 5.82 Å². The number of carbonyl (C=O) groups excluding carboxylic acids is 1. The molecule has 0 radical (unpaired) electrons. The van der Waals surface area contributed by atoms with Gasteiger partial charge < -0.3 is 24.3 Å². The summed E-state index contributed by atoms with van der Waals surface area (Å²) in [5.41, 5.74) is 2.19. The van der Waals surface area contributed by atoms with E-state index in [1.165, 1.54) is 12.1 Å². The fourth-order valence-corrected chi connectivity index (χ4v) is 4.12. The molecule has 0 amide bonds. The van der Waals surface area contributed by atoms with Gasteiger partial charge in [-0.05, 0) is 80.9 Å². The monoisotopic (exact) mass is 479 g/mol. The maximum Gasteiger partial charge on any atom is 0.338 e. The summed E-state index contributed by atoms with van der Waals surface area (Å²) in [5.74, 6) is 0.604. The van der Waals surface area contributed by atoms with Crippen molar-refractivity contribution < 1.29 is 28.1 Å². The van der Waals surface area contributed by atoms with E-state index >= 15 is 0 Å². The van der Waals surface area contributed by atoms with Crippen LogP contribution in [0.1, 0.15) is 48.4 Å². The van der Waals surface area contributed by atoms with E-state index < -0.39 is 23.8 Å². The highest BCUT2D eigenvalue weighted by atomic mass is 19.1. The van der Waals surface area contributed by atoms with Gasteiger partial charge in [-0.3, -0.25) is 0 Å². The summed E-state index contributed by atoms with van der Waals surface area (Å²) in [6, 6.07) is 18.9. The SMILES string of the molecule is CCOC1c2cc(NCc3ccc(F)cc3)ccc2OC(C)(C)C1OC(=O)c1ccc(OC)cc1. The highest BCUT2D eigenvalue weighted by Crippen LogP contribution is 2.44. The number of hydrogen-bond donors (Lipinski definition) is 1. The first-order valence-electron chi connectivity index (χ1n) is 11.6. The summed E-state index contributed by atoms with van der Waals surface area (Å²) >= 11 is 0. The number of ether oxygens (including phenoxy) is 4. The number of methoxy groups -OCH3 is 1. The molecule has 1 aliphatic heterocycles. The lowest BCUT2D eigenvalue weighted by Crippen LogP contribution is -2.51. The average Bonchev–Trinajstić information content (AvgIpc) is 2.85. The van der Waals surface area contributed by atoms with E-state index in [1.54, 1.807) is 43.5 Å². The van der Waals surface area contributed by atoms with Crippen LogP contribution in [0.5, 0.6) is 11.5 Å². The zero-order valence-electron chi connectivity index (χ0n) is 20.3. The van der Waals surface area contributed by atoms with Crippen LogP contribution in [0.15, 0.2) is 66.7 Å². The van der Waals surface area contributed by atoms with Crippen molar-refractivity contribution in [3.05, 3.63) is 89.2 Å². The molecule has 6 nitrogen and oxygen atoms in total. The highest BCUT2D eigenvalue weighted by Gasteiger charge is 2.47. The van der Waals surface area contributed by atoms with Crippen molar-refractivity contribution in [2.45, 2.75) is 45.1 Å². The summed E-state index contributed by atoms with van der Waals surface area (Å²) in [7, 11) is 1.57. The maximum atomic E-state index is 13.2. The highest BCUT2D eigenvalue weighted by molar-refractivity contribution is 5.89. The second-order valence-electron chi connectivity index (χ2n) is 8.87. The number of anilines is 1. The van der Waals surface area contributed by atoms with Crippen LogP contribution in [0.4, 0.5) is 10.1 Å². The summed E-state index contributed by atoms with van der Waals surface area (Å²) in [5, 5.41) is 3.35. The lowest BCUT2D eigenvalue weighted by molar-refractivity contribution is -0.137. The van der Waals surface area contributed by atoms with Gasteiger partial charge in [0.05, 0.1) is 12.7 Å². The fourth-order valence-electron chi connectivity index (χ4n) is 4.12. The van der Waals surface area contributed by atoms with Crippen molar-refractivity contribution >= 4 is 11.7 Å². The van der Waals surface area contributed by atoms with Crippen LogP contribution < -0.4 is 14.8 Å². The molecule has 3 aromatic rings. The van der Waals surface area contributed by atoms with E-state index in [0.717, 1.165) is 16.8 Å². The van der Waals surface area contributed by atoms with Crippen LogP contribution in [0.2, 0.25) is 0 Å². The largest absolute Gasteiger partial charge is 0.497 e. The Labute approximate surface area is 205 Å². The van der Waals surface area contributed by atoms with E-state index in [1.807, 2.05) is 39.0 Å². The molecular formula is C28H30FNO5. The molecule has 0 aromatic heterocycles. The molecule has 35 heavy (non-hydrogen) atoms. The third kappa shape index (κ3) is 5.57. The van der Waals surface area contributed by atoms with Gasteiger partial charge in [0, 0.05) is 24.4 Å². The second-order valence-corrected chi connectivity index (χ2v) is 8.87. The average molecular weight is 480 g/mol. The Balaban J connectivity index is 1.57. The standard InChI is InChI=1S/C28H30FNO5/c1-5-33-25-23-16-21(30-17-18-6-10-20(29)11-7-18)12-15-24(23)35-28(2,3)26(25)34-27(31)19-8-13-22(32-4)14-9-19/h6-16,25-26,30H,5,17H2,1-4H3. The summed E-state index contributed by atoms with van der Waals surface area (Å²) in [4.78, 5) is 13.0. The molecule has 184 valence electrons. The van der Waals surface area contributed by atoms with Crippen molar-refractivity contribution in [2.24, 2.45) is 0 Å². The van der Waals surface area contributed by atoms with Crippen LogP contribution >= 0.6 is 0 Å². The molecule has 2 atom stereocenters. The second kappa shape index (κ2) is 10.4. The van der Waals surface area contributed by atoms with Crippen LogP contribution in [0.25, 0.3) is 0 Å². The molecular weight excluding hydrogens is 449 g/mol. The van der Waals surface area contributed by atoms with Crippen LogP contribution in [0, 0.1) is 5.82 Å². The van der Waals surface area contributed by atoms with Crippen LogP contribution in [-0.2, 0) is 16.0 Å². The molecule has 0 bridgehead atoms. The molecule has 3 aromatic carbocycles.